The molecule has 3 rings (SSSR count). The summed E-state index contributed by atoms with van der Waals surface area (Å²) >= 11 is 1.31. The van der Waals surface area contributed by atoms with Gasteiger partial charge in [-0.15, -0.1) is 10.2 Å². The van der Waals surface area contributed by atoms with Crippen molar-refractivity contribution in [2.75, 3.05) is 5.75 Å². The van der Waals surface area contributed by atoms with Crippen LogP contribution in [-0.4, -0.2) is 26.4 Å². The van der Waals surface area contributed by atoms with E-state index in [0.29, 0.717) is 17.1 Å². The van der Waals surface area contributed by atoms with Gasteiger partial charge in [-0.2, -0.15) is 0 Å². The van der Waals surface area contributed by atoms with Gasteiger partial charge < -0.3 is 9.88 Å². The van der Waals surface area contributed by atoms with Gasteiger partial charge in [-0.25, -0.2) is 4.39 Å². The highest BCUT2D eigenvalue weighted by Crippen LogP contribution is 2.17. The molecule has 0 saturated heterocycles. The summed E-state index contributed by atoms with van der Waals surface area (Å²) in [7, 11) is 1.89. The van der Waals surface area contributed by atoms with Gasteiger partial charge in [-0.3, -0.25) is 4.79 Å². The molecule has 0 bridgehead atoms. The fourth-order valence-corrected chi connectivity index (χ4v) is 3.18. The molecule has 0 saturated carbocycles. The van der Waals surface area contributed by atoms with E-state index in [0.717, 1.165) is 11.4 Å². The van der Waals surface area contributed by atoms with Gasteiger partial charge in [0.1, 0.15) is 11.6 Å². The average molecular weight is 370 g/mol. The third-order valence-corrected chi connectivity index (χ3v) is 4.92. The number of aromatic nitrogens is 3. The molecule has 1 heterocycles. The molecule has 0 aliphatic rings. The van der Waals surface area contributed by atoms with E-state index in [-0.39, 0.29) is 24.0 Å². The van der Waals surface area contributed by atoms with Crippen molar-refractivity contribution in [2.45, 2.75) is 18.1 Å². The molecular weight excluding hydrogens is 351 g/mol. The first-order valence-corrected chi connectivity index (χ1v) is 9.17. The van der Waals surface area contributed by atoms with E-state index in [4.69, 9.17) is 0 Å². The lowest BCUT2D eigenvalue weighted by molar-refractivity contribution is -0.118. The number of nitrogens with one attached hydrogen (secondary N) is 1. The van der Waals surface area contributed by atoms with E-state index >= 15 is 0 Å². The molecular formula is C19H19FN4OS. The highest BCUT2D eigenvalue weighted by molar-refractivity contribution is 7.99. The fraction of sp³-hybridized carbons (Fsp3) is 0.211. The molecule has 1 amide bonds. The van der Waals surface area contributed by atoms with Crippen LogP contribution in [0.2, 0.25) is 0 Å². The van der Waals surface area contributed by atoms with E-state index in [1.807, 2.05) is 41.9 Å². The molecule has 0 radical (unpaired) electrons. The Morgan fingerprint density at radius 2 is 1.85 bits per heavy atom. The van der Waals surface area contributed by atoms with Crippen molar-refractivity contribution < 1.29 is 9.18 Å². The van der Waals surface area contributed by atoms with Crippen molar-refractivity contribution in [3.8, 4) is 0 Å². The Morgan fingerprint density at radius 3 is 2.62 bits per heavy atom. The Labute approximate surface area is 155 Å². The number of carbonyl (C=O) groups excluding carboxylic acids is 1. The van der Waals surface area contributed by atoms with Crippen LogP contribution in [0.5, 0.6) is 0 Å². The molecule has 2 aromatic carbocycles. The molecule has 0 fully saturated rings. The van der Waals surface area contributed by atoms with E-state index in [2.05, 4.69) is 15.5 Å². The monoisotopic (exact) mass is 370 g/mol. The van der Waals surface area contributed by atoms with Crippen LogP contribution in [-0.2, 0) is 24.8 Å². The minimum Gasteiger partial charge on any atom is -0.351 e. The maximum atomic E-state index is 13.5. The third-order valence-electron chi connectivity index (χ3n) is 3.90. The number of carbonyl (C=O) groups is 1. The van der Waals surface area contributed by atoms with E-state index < -0.39 is 0 Å². The first-order chi connectivity index (χ1) is 12.6. The topological polar surface area (TPSA) is 59.8 Å². The number of rotatable bonds is 7. The predicted molar refractivity (Wildman–Crippen MR) is 99.2 cm³/mol. The number of amides is 1. The van der Waals surface area contributed by atoms with Crippen LogP contribution >= 0.6 is 11.8 Å². The second-order valence-electron chi connectivity index (χ2n) is 5.78. The van der Waals surface area contributed by atoms with Gasteiger partial charge in [-0.05, 0) is 11.6 Å². The van der Waals surface area contributed by atoms with Crippen LogP contribution in [0, 0.1) is 5.82 Å². The largest absolute Gasteiger partial charge is 0.351 e. The molecule has 0 atom stereocenters. The summed E-state index contributed by atoms with van der Waals surface area (Å²) in [6.45, 7) is 0.171. The quantitative estimate of drug-likeness (QED) is 0.650. The SMILES string of the molecule is Cn1c(Cc2ccccc2)nnc1SCC(=O)NCc1ccccc1F. The molecule has 26 heavy (non-hydrogen) atoms. The lowest BCUT2D eigenvalue weighted by Gasteiger charge is -2.06. The molecule has 7 heteroatoms. The zero-order valence-corrected chi connectivity index (χ0v) is 15.2. The Kier molecular flexibility index (Phi) is 6.01. The van der Waals surface area contributed by atoms with Crippen LogP contribution < -0.4 is 5.32 Å². The van der Waals surface area contributed by atoms with Crippen molar-refractivity contribution in [3.63, 3.8) is 0 Å². The Hall–Kier alpha value is -2.67. The Morgan fingerprint density at radius 1 is 1.12 bits per heavy atom. The van der Waals surface area contributed by atoms with Crippen molar-refractivity contribution in [3.05, 3.63) is 77.4 Å². The summed E-state index contributed by atoms with van der Waals surface area (Å²) in [5.74, 6) is 0.543. The van der Waals surface area contributed by atoms with Gasteiger partial charge in [0, 0.05) is 25.6 Å². The van der Waals surface area contributed by atoms with E-state index in [1.165, 1.54) is 17.8 Å². The number of benzene rings is 2. The molecule has 1 aromatic heterocycles. The van der Waals surface area contributed by atoms with Crippen molar-refractivity contribution in [1.82, 2.24) is 20.1 Å². The smallest absolute Gasteiger partial charge is 0.230 e. The summed E-state index contributed by atoms with van der Waals surface area (Å²) < 4.78 is 15.4. The fourth-order valence-electron chi connectivity index (χ4n) is 2.42. The normalized spacial score (nSPS) is 10.7. The van der Waals surface area contributed by atoms with Crippen molar-refractivity contribution >= 4 is 17.7 Å². The summed E-state index contributed by atoms with van der Waals surface area (Å²) in [6.07, 6.45) is 0.685. The van der Waals surface area contributed by atoms with E-state index in [1.54, 1.807) is 18.2 Å². The van der Waals surface area contributed by atoms with Crippen LogP contribution in [0.4, 0.5) is 4.39 Å². The number of thioether (sulfide) groups is 1. The predicted octanol–water partition coefficient (Wildman–Crippen LogP) is 2.95. The number of nitrogens with zero attached hydrogens (tertiary/aromatic N) is 3. The van der Waals surface area contributed by atoms with Gasteiger partial charge in [-0.1, -0.05) is 60.3 Å². The first kappa shape index (κ1) is 18.1. The zero-order chi connectivity index (χ0) is 18.4. The lowest BCUT2D eigenvalue weighted by atomic mass is 10.1. The maximum Gasteiger partial charge on any atom is 0.230 e. The molecule has 3 aromatic rings. The van der Waals surface area contributed by atoms with Gasteiger partial charge >= 0.3 is 0 Å². The lowest BCUT2D eigenvalue weighted by Crippen LogP contribution is -2.25. The highest BCUT2D eigenvalue weighted by atomic mass is 32.2. The van der Waals surface area contributed by atoms with Crippen LogP contribution in [0.25, 0.3) is 0 Å². The molecule has 0 unspecified atom stereocenters. The second-order valence-corrected chi connectivity index (χ2v) is 6.72. The summed E-state index contributed by atoms with van der Waals surface area (Å²) in [4.78, 5) is 12.0. The number of hydrogen-bond donors (Lipinski definition) is 1. The minimum absolute atomic E-state index is 0.171. The number of halogens is 1. The highest BCUT2D eigenvalue weighted by Gasteiger charge is 2.12. The van der Waals surface area contributed by atoms with Crippen LogP contribution in [0.15, 0.2) is 59.8 Å². The molecule has 0 spiro atoms. The summed E-state index contributed by atoms with van der Waals surface area (Å²) in [5, 5.41) is 11.8. The average Bonchev–Trinajstić information content (AvgIpc) is 3.00. The summed E-state index contributed by atoms with van der Waals surface area (Å²) in [5.41, 5.74) is 1.62. The minimum atomic E-state index is -0.320. The molecule has 0 aliphatic heterocycles. The van der Waals surface area contributed by atoms with Crippen molar-refractivity contribution in [1.29, 1.82) is 0 Å². The molecule has 0 aliphatic carbocycles. The summed E-state index contributed by atoms with van der Waals surface area (Å²) in [6, 6.07) is 16.4. The maximum absolute atomic E-state index is 13.5. The Balaban J connectivity index is 1.52. The van der Waals surface area contributed by atoms with Crippen molar-refractivity contribution in [2.24, 2.45) is 7.05 Å². The molecule has 5 nitrogen and oxygen atoms in total. The zero-order valence-electron chi connectivity index (χ0n) is 14.4. The molecule has 1 N–H and O–H groups in total. The second kappa shape index (κ2) is 8.62. The van der Waals surface area contributed by atoms with Gasteiger partial charge in [0.15, 0.2) is 5.16 Å². The first-order valence-electron chi connectivity index (χ1n) is 8.18. The van der Waals surface area contributed by atoms with Gasteiger partial charge in [0.2, 0.25) is 5.91 Å². The number of hydrogen-bond acceptors (Lipinski definition) is 4. The van der Waals surface area contributed by atoms with E-state index in [9.17, 15) is 9.18 Å². The van der Waals surface area contributed by atoms with Gasteiger partial charge in [0.05, 0.1) is 5.75 Å². The van der Waals surface area contributed by atoms with Gasteiger partial charge in [0.25, 0.3) is 0 Å². The third kappa shape index (κ3) is 4.70. The Bertz CT molecular complexity index is 882. The standard InChI is InChI=1S/C19H19FN4OS/c1-24-17(11-14-7-3-2-4-8-14)22-23-19(24)26-13-18(25)21-12-15-9-5-6-10-16(15)20/h2-10H,11-13H2,1H3,(H,21,25). The van der Waals surface area contributed by atoms with Crippen LogP contribution in [0.3, 0.4) is 0 Å². The molecule has 134 valence electrons. The van der Waals surface area contributed by atoms with Crippen LogP contribution in [0.1, 0.15) is 17.0 Å².